The predicted octanol–water partition coefficient (Wildman–Crippen LogP) is 3.76. The Morgan fingerprint density at radius 1 is 0.829 bits per heavy atom. The molecule has 35 heavy (non-hydrogen) atoms. The van der Waals surface area contributed by atoms with Gasteiger partial charge in [0, 0.05) is 0 Å². The molecule has 0 saturated heterocycles. The minimum Gasteiger partial charge on any atom is -0.503 e. The van der Waals surface area contributed by atoms with Gasteiger partial charge in [-0.3, -0.25) is 9.59 Å². The molecule has 0 bridgehead atoms. The van der Waals surface area contributed by atoms with E-state index in [9.17, 15) is 19.8 Å². The molecule has 3 aromatic rings. The first kappa shape index (κ1) is 25.8. The van der Waals surface area contributed by atoms with Crippen molar-refractivity contribution in [2.24, 2.45) is 10.2 Å². The van der Waals surface area contributed by atoms with Crippen molar-refractivity contribution in [3.05, 3.63) is 68.0 Å². The first-order valence-corrected chi connectivity index (χ1v) is 11.2. The van der Waals surface area contributed by atoms with Gasteiger partial charge in [0.15, 0.2) is 34.5 Å². The van der Waals surface area contributed by atoms with Gasteiger partial charge in [-0.05, 0) is 79.4 Å². The summed E-state index contributed by atoms with van der Waals surface area (Å²) in [5, 5.41) is 27.3. The van der Waals surface area contributed by atoms with Crippen molar-refractivity contribution in [2.45, 2.75) is 0 Å². The molecule has 4 N–H and O–H groups in total. The number of nitrogens with zero attached hydrogens (tertiary/aromatic N) is 2. The summed E-state index contributed by atoms with van der Waals surface area (Å²) < 4.78 is 16.2. The number of halogens is 2. The van der Waals surface area contributed by atoms with E-state index < -0.39 is 11.8 Å². The van der Waals surface area contributed by atoms with Gasteiger partial charge in [0.1, 0.15) is 0 Å². The van der Waals surface area contributed by atoms with Crippen molar-refractivity contribution in [1.82, 2.24) is 10.9 Å². The molecular weight excluding hydrogens is 592 g/mol. The summed E-state index contributed by atoms with van der Waals surface area (Å²) >= 11 is 6.39. The number of carbonyl (C=O) groups excluding carboxylic acids is 2. The molecule has 13 heteroatoms. The molecule has 0 aliphatic rings. The normalized spacial score (nSPS) is 11.1. The number of ether oxygens (including phenoxy) is 2. The highest BCUT2D eigenvalue weighted by molar-refractivity contribution is 9.10. The number of phenolic OH excluding ortho intramolecular Hbond substituents is 2. The molecular formula is C22H18Br2N4O7. The standard InChI is InChI=1S/C22H18Br2N4O7/c1-33-17-7-11(5-13(23)19(17)29)9-25-27-21(31)15-3-4-16(35-15)22(32)28-26-10-12-6-14(24)20(30)18(8-12)34-2/h3-10,29-30H,1-2H3,(H,27,31)(H,28,32). The van der Waals surface area contributed by atoms with Crippen LogP contribution in [0.1, 0.15) is 32.2 Å². The number of hydrogen-bond donors (Lipinski definition) is 4. The first-order chi connectivity index (χ1) is 16.7. The van der Waals surface area contributed by atoms with Crippen LogP contribution in [0, 0.1) is 0 Å². The van der Waals surface area contributed by atoms with Gasteiger partial charge in [0.2, 0.25) is 0 Å². The molecule has 0 spiro atoms. The predicted molar refractivity (Wildman–Crippen MR) is 134 cm³/mol. The Kier molecular flexibility index (Phi) is 8.49. The number of hydrogen-bond acceptors (Lipinski definition) is 9. The van der Waals surface area contributed by atoms with E-state index in [0.29, 0.717) is 20.1 Å². The monoisotopic (exact) mass is 608 g/mol. The maximum Gasteiger partial charge on any atom is 0.307 e. The second-order valence-corrected chi connectivity index (χ2v) is 8.38. The third kappa shape index (κ3) is 6.39. The highest BCUT2D eigenvalue weighted by atomic mass is 79.9. The van der Waals surface area contributed by atoms with Gasteiger partial charge in [0.25, 0.3) is 0 Å². The van der Waals surface area contributed by atoms with Gasteiger partial charge in [-0.2, -0.15) is 10.2 Å². The number of benzene rings is 2. The minimum atomic E-state index is -0.686. The number of nitrogens with one attached hydrogen (secondary N) is 2. The second-order valence-electron chi connectivity index (χ2n) is 6.67. The fourth-order valence-electron chi connectivity index (χ4n) is 2.67. The Balaban J connectivity index is 1.59. The fraction of sp³-hybridized carbons (Fsp3) is 0.0909. The van der Waals surface area contributed by atoms with Crippen LogP contribution in [0.2, 0.25) is 0 Å². The molecule has 2 amide bonds. The highest BCUT2D eigenvalue weighted by Crippen LogP contribution is 2.35. The lowest BCUT2D eigenvalue weighted by molar-refractivity contribution is 0.0902. The third-order valence-electron chi connectivity index (χ3n) is 4.35. The maximum atomic E-state index is 12.2. The number of phenols is 2. The lowest BCUT2D eigenvalue weighted by Crippen LogP contribution is -2.18. The van der Waals surface area contributed by atoms with E-state index in [1.807, 2.05) is 0 Å². The van der Waals surface area contributed by atoms with Crippen LogP contribution in [-0.4, -0.2) is 48.7 Å². The molecule has 0 aliphatic carbocycles. The minimum absolute atomic E-state index is 0.0601. The Morgan fingerprint density at radius 2 is 1.23 bits per heavy atom. The summed E-state index contributed by atoms with van der Waals surface area (Å²) in [5.74, 6) is -1.32. The van der Waals surface area contributed by atoms with Gasteiger partial charge in [-0.1, -0.05) is 0 Å². The van der Waals surface area contributed by atoms with Crippen LogP contribution >= 0.6 is 31.9 Å². The van der Waals surface area contributed by atoms with Crippen molar-refractivity contribution in [2.75, 3.05) is 14.2 Å². The molecule has 2 aromatic carbocycles. The second kappa shape index (κ2) is 11.5. The molecule has 11 nitrogen and oxygen atoms in total. The smallest absolute Gasteiger partial charge is 0.307 e. The molecule has 0 saturated carbocycles. The Labute approximate surface area is 215 Å². The number of rotatable bonds is 8. The Bertz CT molecular complexity index is 1220. The van der Waals surface area contributed by atoms with Crippen molar-refractivity contribution >= 4 is 56.1 Å². The molecule has 182 valence electrons. The Morgan fingerprint density at radius 3 is 1.60 bits per heavy atom. The molecule has 0 fully saturated rings. The summed E-state index contributed by atoms with van der Waals surface area (Å²) in [5.41, 5.74) is 5.64. The number of carbonyl (C=O) groups is 2. The average molecular weight is 610 g/mol. The lowest BCUT2D eigenvalue weighted by atomic mass is 10.2. The zero-order chi connectivity index (χ0) is 25.5. The van der Waals surface area contributed by atoms with Crippen LogP contribution in [0.4, 0.5) is 0 Å². The summed E-state index contributed by atoms with van der Waals surface area (Å²) in [7, 11) is 2.81. The number of furan rings is 1. The van der Waals surface area contributed by atoms with E-state index in [1.54, 1.807) is 12.1 Å². The van der Waals surface area contributed by atoms with Gasteiger partial charge in [-0.25, -0.2) is 10.9 Å². The molecule has 0 radical (unpaired) electrons. The summed E-state index contributed by atoms with van der Waals surface area (Å²) in [6.45, 7) is 0. The average Bonchev–Trinajstić information content (AvgIpc) is 3.34. The van der Waals surface area contributed by atoms with E-state index in [-0.39, 0.29) is 34.5 Å². The number of aromatic hydroxyl groups is 2. The van der Waals surface area contributed by atoms with E-state index in [2.05, 4.69) is 52.9 Å². The summed E-state index contributed by atoms with van der Waals surface area (Å²) in [6.07, 6.45) is 2.68. The Hall–Kier alpha value is -3.84. The van der Waals surface area contributed by atoms with Crippen LogP contribution < -0.4 is 20.3 Å². The largest absolute Gasteiger partial charge is 0.503 e. The van der Waals surface area contributed by atoms with Crippen LogP contribution in [0.3, 0.4) is 0 Å². The highest BCUT2D eigenvalue weighted by Gasteiger charge is 2.15. The van der Waals surface area contributed by atoms with E-state index >= 15 is 0 Å². The molecule has 0 atom stereocenters. The SMILES string of the molecule is COc1cc(C=NNC(=O)c2ccc(C(=O)NN=Cc3cc(Br)c(O)c(OC)c3)o2)cc(Br)c1O. The number of methoxy groups -OCH3 is 2. The quantitative estimate of drug-likeness (QED) is 0.224. The van der Waals surface area contributed by atoms with Gasteiger partial charge in [-0.15, -0.1) is 0 Å². The van der Waals surface area contributed by atoms with Crippen molar-refractivity contribution in [1.29, 1.82) is 0 Å². The van der Waals surface area contributed by atoms with Crippen molar-refractivity contribution < 1.29 is 33.7 Å². The fourth-order valence-corrected chi connectivity index (χ4v) is 3.59. The summed E-state index contributed by atoms with van der Waals surface area (Å²) in [6, 6.07) is 8.83. The topological polar surface area (TPSA) is 155 Å². The zero-order valence-corrected chi connectivity index (χ0v) is 21.4. The van der Waals surface area contributed by atoms with Gasteiger partial charge < -0.3 is 24.1 Å². The lowest BCUT2D eigenvalue weighted by Gasteiger charge is -2.06. The molecule has 1 aromatic heterocycles. The van der Waals surface area contributed by atoms with Crippen LogP contribution in [-0.2, 0) is 0 Å². The molecule has 0 unspecified atom stereocenters. The van der Waals surface area contributed by atoms with Crippen molar-refractivity contribution in [3.63, 3.8) is 0 Å². The number of hydrazone groups is 2. The van der Waals surface area contributed by atoms with Crippen LogP contribution in [0.5, 0.6) is 23.0 Å². The van der Waals surface area contributed by atoms with E-state index in [0.717, 1.165) is 0 Å². The first-order valence-electron chi connectivity index (χ1n) is 9.63. The molecule has 1 heterocycles. The van der Waals surface area contributed by atoms with Gasteiger partial charge >= 0.3 is 11.8 Å². The third-order valence-corrected chi connectivity index (χ3v) is 5.56. The maximum absolute atomic E-state index is 12.2. The number of amides is 2. The van der Waals surface area contributed by atoms with E-state index in [1.165, 1.54) is 50.9 Å². The summed E-state index contributed by atoms with van der Waals surface area (Å²) in [4.78, 5) is 24.5. The molecule has 0 aliphatic heterocycles. The van der Waals surface area contributed by atoms with E-state index in [4.69, 9.17) is 13.9 Å². The van der Waals surface area contributed by atoms with Crippen LogP contribution in [0.25, 0.3) is 0 Å². The molecule has 3 rings (SSSR count). The van der Waals surface area contributed by atoms with Gasteiger partial charge in [0.05, 0.1) is 35.6 Å². The zero-order valence-electron chi connectivity index (χ0n) is 18.2. The van der Waals surface area contributed by atoms with Crippen LogP contribution in [0.15, 0.2) is 60.0 Å². The van der Waals surface area contributed by atoms with Crippen molar-refractivity contribution in [3.8, 4) is 23.0 Å².